The summed E-state index contributed by atoms with van der Waals surface area (Å²) in [5.74, 6) is -0.180. The smallest absolute Gasteiger partial charge is 0.273 e. The van der Waals surface area contributed by atoms with Gasteiger partial charge in [-0.25, -0.2) is 17.8 Å². The van der Waals surface area contributed by atoms with Crippen molar-refractivity contribution in [2.45, 2.75) is 67.8 Å². The van der Waals surface area contributed by atoms with Crippen molar-refractivity contribution < 1.29 is 13.2 Å². The van der Waals surface area contributed by atoms with E-state index >= 15 is 0 Å². The molecule has 0 bridgehead atoms. The number of thiophene rings is 1. The fourth-order valence-corrected chi connectivity index (χ4v) is 7.44. The van der Waals surface area contributed by atoms with Crippen molar-refractivity contribution in [3.05, 3.63) is 40.7 Å². The fraction of sp³-hybridized carbons (Fsp3) is 0.476. The van der Waals surface area contributed by atoms with Crippen molar-refractivity contribution in [2.24, 2.45) is 0 Å². The summed E-state index contributed by atoms with van der Waals surface area (Å²) in [4.78, 5) is 12.1. The molecule has 170 valence electrons. The number of amides is 1. The van der Waals surface area contributed by atoms with E-state index in [-0.39, 0.29) is 24.0 Å². The summed E-state index contributed by atoms with van der Waals surface area (Å²) in [7, 11) is -3.62. The molecule has 2 aromatic heterocycles. The van der Waals surface area contributed by atoms with Gasteiger partial charge in [0.15, 0.2) is 5.69 Å². The Hall–Kier alpha value is -2.01. The van der Waals surface area contributed by atoms with Gasteiger partial charge in [-0.05, 0) is 74.6 Å². The molecule has 0 radical (unpaired) electrons. The average Bonchev–Trinajstić information content (AvgIpc) is 3.31. The highest BCUT2D eigenvalue weighted by Gasteiger charge is 2.30. The minimum Gasteiger partial charge on any atom is -0.348 e. The number of sulfonamides is 1. The molecule has 1 amide bonds. The van der Waals surface area contributed by atoms with Crippen molar-refractivity contribution in [3.63, 3.8) is 0 Å². The van der Waals surface area contributed by atoms with E-state index in [4.69, 9.17) is 11.6 Å². The van der Waals surface area contributed by atoms with Crippen LogP contribution in [0, 0.1) is 6.92 Å². The molecule has 0 saturated heterocycles. The van der Waals surface area contributed by atoms with Crippen molar-refractivity contribution in [3.8, 4) is 0 Å². The molecule has 2 N–H and O–H groups in total. The largest absolute Gasteiger partial charge is 0.348 e. The van der Waals surface area contributed by atoms with Gasteiger partial charge < -0.3 is 5.32 Å². The molecule has 2 aliphatic rings. The maximum atomic E-state index is 13.1. The lowest BCUT2D eigenvalue weighted by Gasteiger charge is -2.28. The number of halogens is 1. The molecule has 0 unspecified atom stereocenters. The summed E-state index contributed by atoms with van der Waals surface area (Å²) >= 11 is 7.35. The average molecular weight is 494 g/mol. The first kappa shape index (κ1) is 21.8. The number of hydrogen-bond acceptors (Lipinski definition) is 6. The molecule has 2 saturated carbocycles. The number of rotatable bonds is 6. The Morgan fingerprint density at radius 1 is 1.16 bits per heavy atom. The van der Waals surface area contributed by atoms with Gasteiger partial charge in [0.1, 0.15) is 4.21 Å². The SMILES string of the molecule is Cc1c(S(=O)(=O)NC2CCC(n3cc(C(=O)NC4CC4)nn3)CC2)sc2ccc(Cl)cc12. The molecule has 8 nitrogen and oxygen atoms in total. The van der Waals surface area contributed by atoms with Crippen molar-refractivity contribution in [1.82, 2.24) is 25.0 Å². The number of carbonyl (C=O) groups is 1. The molecule has 0 atom stereocenters. The zero-order chi connectivity index (χ0) is 22.5. The van der Waals surface area contributed by atoms with E-state index in [1.54, 1.807) is 16.9 Å². The number of aryl methyl sites for hydroxylation is 1. The van der Waals surface area contributed by atoms with E-state index in [2.05, 4.69) is 20.4 Å². The molecule has 11 heteroatoms. The second-order valence-electron chi connectivity index (χ2n) is 8.61. The monoisotopic (exact) mass is 493 g/mol. The van der Waals surface area contributed by atoms with Crippen LogP contribution in [0.3, 0.4) is 0 Å². The quantitative estimate of drug-likeness (QED) is 0.543. The molecule has 2 heterocycles. The lowest BCUT2D eigenvalue weighted by atomic mass is 9.92. The van der Waals surface area contributed by atoms with E-state index in [1.165, 1.54) is 11.3 Å². The van der Waals surface area contributed by atoms with E-state index in [0.717, 1.165) is 41.3 Å². The molecule has 32 heavy (non-hydrogen) atoms. The van der Waals surface area contributed by atoms with Gasteiger partial charge in [0.2, 0.25) is 0 Å². The Morgan fingerprint density at radius 2 is 1.88 bits per heavy atom. The fourth-order valence-electron chi connectivity index (χ4n) is 4.20. The highest BCUT2D eigenvalue weighted by Crippen LogP contribution is 2.36. The van der Waals surface area contributed by atoms with Gasteiger partial charge in [-0.3, -0.25) is 4.79 Å². The lowest BCUT2D eigenvalue weighted by Crippen LogP contribution is -2.38. The van der Waals surface area contributed by atoms with Crippen LogP contribution in [0.2, 0.25) is 5.02 Å². The summed E-state index contributed by atoms with van der Waals surface area (Å²) in [5.41, 5.74) is 1.06. The predicted molar refractivity (Wildman–Crippen MR) is 124 cm³/mol. The van der Waals surface area contributed by atoms with Crippen LogP contribution < -0.4 is 10.0 Å². The number of benzene rings is 1. The first-order valence-corrected chi connectivity index (χ1v) is 13.4. The predicted octanol–water partition coefficient (Wildman–Crippen LogP) is 3.81. The number of carbonyl (C=O) groups excluding carboxylic acids is 1. The number of nitrogens with zero attached hydrogens (tertiary/aromatic N) is 3. The van der Waals surface area contributed by atoms with Gasteiger partial charge in [-0.2, -0.15) is 0 Å². The third-order valence-corrected chi connectivity index (χ3v) is 9.80. The van der Waals surface area contributed by atoms with Crippen LogP contribution in [0.5, 0.6) is 0 Å². The number of nitrogens with one attached hydrogen (secondary N) is 2. The summed E-state index contributed by atoms with van der Waals surface area (Å²) < 4.78 is 32.1. The molecular formula is C21H24ClN5O3S2. The van der Waals surface area contributed by atoms with E-state index < -0.39 is 10.0 Å². The zero-order valence-electron chi connectivity index (χ0n) is 17.5. The maximum absolute atomic E-state index is 13.1. The minimum atomic E-state index is -3.62. The van der Waals surface area contributed by atoms with Crippen LogP contribution in [0.15, 0.2) is 28.6 Å². The molecular weight excluding hydrogens is 470 g/mol. The van der Waals surface area contributed by atoms with Gasteiger partial charge in [-0.15, -0.1) is 16.4 Å². The van der Waals surface area contributed by atoms with E-state index in [9.17, 15) is 13.2 Å². The van der Waals surface area contributed by atoms with Crippen molar-refractivity contribution in [1.29, 1.82) is 0 Å². The highest BCUT2D eigenvalue weighted by molar-refractivity contribution is 7.91. The van der Waals surface area contributed by atoms with Crippen LogP contribution >= 0.6 is 22.9 Å². The molecule has 1 aromatic carbocycles. The van der Waals surface area contributed by atoms with Crippen LogP contribution in [0.25, 0.3) is 10.1 Å². The molecule has 2 fully saturated rings. The zero-order valence-corrected chi connectivity index (χ0v) is 19.9. The standard InChI is InChI=1S/C21H24ClN5O3S2/c1-12-17-10-13(22)2-9-19(17)31-21(12)32(29,30)25-15-5-7-16(8-6-15)27-11-18(24-26-27)20(28)23-14-3-4-14/h2,9-11,14-16,25H,3-8H2,1H3,(H,23,28). The normalized spacial score (nSPS) is 21.7. The van der Waals surface area contributed by atoms with Crippen LogP contribution in [0.1, 0.15) is 60.6 Å². The second kappa shape index (κ2) is 8.40. The van der Waals surface area contributed by atoms with Crippen molar-refractivity contribution in [2.75, 3.05) is 0 Å². The number of fused-ring (bicyclic) bond motifs is 1. The Balaban J connectivity index is 1.22. The second-order valence-corrected chi connectivity index (χ2v) is 12.0. The van der Waals surface area contributed by atoms with E-state index in [0.29, 0.717) is 27.8 Å². The molecule has 0 spiro atoms. The Kier molecular flexibility index (Phi) is 5.73. The van der Waals surface area contributed by atoms with Gasteiger partial charge in [-0.1, -0.05) is 16.8 Å². The Bertz CT molecular complexity index is 1270. The van der Waals surface area contributed by atoms with Gasteiger partial charge in [0.25, 0.3) is 15.9 Å². The molecule has 2 aliphatic carbocycles. The summed E-state index contributed by atoms with van der Waals surface area (Å²) in [6.45, 7) is 1.82. The Morgan fingerprint density at radius 3 is 2.59 bits per heavy atom. The first-order valence-electron chi connectivity index (χ1n) is 10.7. The van der Waals surface area contributed by atoms with Gasteiger partial charge >= 0.3 is 0 Å². The van der Waals surface area contributed by atoms with Crippen LogP contribution in [0.4, 0.5) is 0 Å². The molecule has 3 aromatic rings. The van der Waals surface area contributed by atoms with Crippen molar-refractivity contribution >= 4 is 49.0 Å². The minimum absolute atomic E-state index is 0.110. The van der Waals surface area contributed by atoms with Gasteiger partial charge in [0.05, 0.1) is 12.2 Å². The van der Waals surface area contributed by atoms with Gasteiger partial charge in [0, 0.05) is 21.8 Å². The number of aromatic nitrogens is 3. The van der Waals surface area contributed by atoms with Crippen LogP contribution in [-0.4, -0.2) is 41.4 Å². The summed E-state index contributed by atoms with van der Waals surface area (Å²) in [6, 6.07) is 5.69. The highest BCUT2D eigenvalue weighted by atomic mass is 35.5. The summed E-state index contributed by atoms with van der Waals surface area (Å²) in [6.07, 6.45) is 6.66. The topological polar surface area (TPSA) is 106 Å². The molecule has 0 aliphatic heterocycles. The number of hydrogen-bond donors (Lipinski definition) is 2. The maximum Gasteiger partial charge on any atom is 0.273 e. The van der Waals surface area contributed by atoms with Crippen LogP contribution in [-0.2, 0) is 10.0 Å². The first-order chi connectivity index (χ1) is 15.3. The third kappa shape index (κ3) is 4.41. The summed E-state index contributed by atoms with van der Waals surface area (Å²) in [5, 5.41) is 12.5. The Labute approximate surface area is 195 Å². The lowest BCUT2D eigenvalue weighted by molar-refractivity contribution is 0.0946. The van der Waals surface area contributed by atoms with E-state index in [1.807, 2.05) is 19.1 Å². The molecule has 5 rings (SSSR count). The third-order valence-electron chi connectivity index (χ3n) is 6.15.